The first-order valence-electron chi connectivity index (χ1n) is 5.83. The summed E-state index contributed by atoms with van der Waals surface area (Å²) in [5.41, 5.74) is 7.12. The SMILES string of the molecule is CCOc1ccccc1Oc1ccc(N)c(C)n1. The van der Waals surface area contributed by atoms with E-state index in [2.05, 4.69) is 4.98 Å². The van der Waals surface area contributed by atoms with Gasteiger partial charge in [-0.1, -0.05) is 12.1 Å². The number of rotatable bonds is 4. The summed E-state index contributed by atoms with van der Waals surface area (Å²) in [4.78, 5) is 4.27. The van der Waals surface area contributed by atoms with E-state index >= 15 is 0 Å². The molecule has 0 atom stereocenters. The number of anilines is 1. The van der Waals surface area contributed by atoms with Crippen molar-refractivity contribution < 1.29 is 9.47 Å². The average molecular weight is 244 g/mol. The molecule has 4 nitrogen and oxygen atoms in total. The standard InChI is InChI=1S/C14H16N2O2/c1-3-17-12-6-4-5-7-13(12)18-14-9-8-11(15)10(2)16-14/h4-9H,3,15H2,1-2H3. The van der Waals surface area contributed by atoms with Gasteiger partial charge >= 0.3 is 0 Å². The molecule has 0 bridgehead atoms. The fraction of sp³-hybridized carbons (Fsp3) is 0.214. The molecule has 2 rings (SSSR count). The minimum absolute atomic E-state index is 0.508. The van der Waals surface area contributed by atoms with Crippen molar-refractivity contribution in [2.24, 2.45) is 0 Å². The second kappa shape index (κ2) is 5.40. The van der Waals surface area contributed by atoms with Crippen molar-refractivity contribution in [2.75, 3.05) is 12.3 Å². The molecule has 0 unspecified atom stereocenters. The van der Waals surface area contributed by atoms with Crippen LogP contribution in [-0.2, 0) is 0 Å². The number of ether oxygens (including phenoxy) is 2. The summed E-state index contributed by atoms with van der Waals surface area (Å²) in [6.45, 7) is 4.37. The van der Waals surface area contributed by atoms with Gasteiger partial charge in [0.15, 0.2) is 11.5 Å². The van der Waals surface area contributed by atoms with Crippen molar-refractivity contribution in [3.8, 4) is 17.4 Å². The topological polar surface area (TPSA) is 57.4 Å². The lowest BCUT2D eigenvalue weighted by Gasteiger charge is -2.11. The first-order valence-corrected chi connectivity index (χ1v) is 5.83. The molecule has 0 fully saturated rings. The smallest absolute Gasteiger partial charge is 0.219 e. The number of hydrogen-bond acceptors (Lipinski definition) is 4. The molecule has 0 spiro atoms. The van der Waals surface area contributed by atoms with Gasteiger partial charge in [-0.2, -0.15) is 0 Å². The maximum atomic E-state index is 5.72. The van der Waals surface area contributed by atoms with Gasteiger partial charge in [0.05, 0.1) is 18.0 Å². The van der Waals surface area contributed by atoms with E-state index in [0.29, 0.717) is 29.7 Å². The molecular weight excluding hydrogens is 228 g/mol. The molecule has 0 aliphatic heterocycles. The first kappa shape index (κ1) is 12.2. The molecule has 1 heterocycles. The predicted octanol–water partition coefficient (Wildman–Crippen LogP) is 3.16. The lowest BCUT2D eigenvalue weighted by Crippen LogP contribution is -1.97. The van der Waals surface area contributed by atoms with Crippen molar-refractivity contribution in [3.05, 3.63) is 42.1 Å². The fourth-order valence-corrected chi connectivity index (χ4v) is 1.53. The number of aromatic nitrogens is 1. The van der Waals surface area contributed by atoms with Crippen molar-refractivity contribution in [1.29, 1.82) is 0 Å². The van der Waals surface area contributed by atoms with E-state index in [-0.39, 0.29) is 0 Å². The average Bonchev–Trinajstić information content (AvgIpc) is 2.37. The van der Waals surface area contributed by atoms with Crippen LogP contribution in [0.1, 0.15) is 12.6 Å². The Bertz CT molecular complexity index is 541. The summed E-state index contributed by atoms with van der Waals surface area (Å²) in [5, 5.41) is 0. The lowest BCUT2D eigenvalue weighted by molar-refractivity contribution is 0.319. The molecule has 0 saturated heterocycles. The van der Waals surface area contributed by atoms with Crippen molar-refractivity contribution in [2.45, 2.75) is 13.8 Å². The first-order chi connectivity index (χ1) is 8.70. The molecular formula is C14H16N2O2. The van der Waals surface area contributed by atoms with Crippen LogP contribution in [0.4, 0.5) is 5.69 Å². The molecule has 4 heteroatoms. The Morgan fingerprint density at radius 2 is 1.83 bits per heavy atom. The van der Waals surface area contributed by atoms with E-state index in [1.807, 2.05) is 38.1 Å². The third-order valence-electron chi connectivity index (χ3n) is 2.46. The van der Waals surface area contributed by atoms with Gasteiger partial charge in [-0.05, 0) is 32.0 Å². The Labute approximate surface area is 106 Å². The van der Waals surface area contributed by atoms with Crippen molar-refractivity contribution >= 4 is 5.69 Å². The number of nitrogens with two attached hydrogens (primary N) is 1. The van der Waals surface area contributed by atoms with Gasteiger partial charge in [0, 0.05) is 6.07 Å². The van der Waals surface area contributed by atoms with Gasteiger partial charge in [0.1, 0.15) is 0 Å². The molecule has 0 aliphatic rings. The predicted molar refractivity (Wildman–Crippen MR) is 71.1 cm³/mol. The third-order valence-corrected chi connectivity index (χ3v) is 2.46. The van der Waals surface area contributed by atoms with Crippen LogP contribution in [0.2, 0.25) is 0 Å². The highest BCUT2D eigenvalue weighted by molar-refractivity contribution is 5.46. The van der Waals surface area contributed by atoms with Gasteiger partial charge in [-0.25, -0.2) is 4.98 Å². The minimum Gasteiger partial charge on any atom is -0.490 e. The summed E-state index contributed by atoms with van der Waals surface area (Å²) in [7, 11) is 0. The van der Waals surface area contributed by atoms with Gasteiger partial charge in [0.2, 0.25) is 5.88 Å². The van der Waals surface area contributed by atoms with Crippen LogP contribution in [-0.4, -0.2) is 11.6 Å². The highest BCUT2D eigenvalue weighted by atomic mass is 16.5. The van der Waals surface area contributed by atoms with E-state index < -0.39 is 0 Å². The molecule has 2 aromatic rings. The molecule has 1 aromatic carbocycles. The van der Waals surface area contributed by atoms with Crippen LogP contribution in [0, 0.1) is 6.92 Å². The number of benzene rings is 1. The molecule has 0 aliphatic carbocycles. The summed E-state index contributed by atoms with van der Waals surface area (Å²) in [5.74, 6) is 1.86. The zero-order valence-electron chi connectivity index (χ0n) is 10.5. The summed E-state index contributed by atoms with van der Waals surface area (Å²) in [6.07, 6.45) is 0. The molecule has 0 radical (unpaired) electrons. The molecule has 2 N–H and O–H groups in total. The number of nitrogen functional groups attached to an aromatic ring is 1. The Balaban J connectivity index is 2.25. The number of pyridine rings is 1. The maximum Gasteiger partial charge on any atom is 0.219 e. The van der Waals surface area contributed by atoms with Crippen LogP contribution in [0.15, 0.2) is 36.4 Å². The fourth-order valence-electron chi connectivity index (χ4n) is 1.53. The third kappa shape index (κ3) is 2.71. The van der Waals surface area contributed by atoms with Gasteiger partial charge in [0.25, 0.3) is 0 Å². The van der Waals surface area contributed by atoms with Crippen LogP contribution < -0.4 is 15.2 Å². The Kier molecular flexibility index (Phi) is 3.67. The second-order valence-electron chi connectivity index (χ2n) is 3.81. The van der Waals surface area contributed by atoms with Gasteiger partial charge in [-0.3, -0.25) is 0 Å². The summed E-state index contributed by atoms with van der Waals surface area (Å²) < 4.78 is 11.2. The Morgan fingerprint density at radius 1 is 1.11 bits per heavy atom. The minimum atomic E-state index is 0.508. The second-order valence-corrected chi connectivity index (χ2v) is 3.81. The largest absolute Gasteiger partial charge is 0.490 e. The van der Waals surface area contributed by atoms with Crippen molar-refractivity contribution in [3.63, 3.8) is 0 Å². The maximum absolute atomic E-state index is 5.72. The highest BCUT2D eigenvalue weighted by Gasteiger charge is 2.06. The highest BCUT2D eigenvalue weighted by Crippen LogP contribution is 2.30. The molecule has 0 saturated carbocycles. The Morgan fingerprint density at radius 3 is 2.50 bits per heavy atom. The Hall–Kier alpha value is -2.23. The van der Waals surface area contributed by atoms with E-state index in [1.54, 1.807) is 12.1 Å². The summed E-state index contributed by atoms with van der Waals surface area (Å²) >= 11 is 0. The van der Waals surface area contributed by atoms with Crippen LogP contribution in [0.5, 0.6) is 17.4 Å². The van der Waals surface area contributed by atoms with Crippen LogP contribution in [0.25, 0.3) is 0 Å². The number of aryl methyl sites for hydroxylation is 1. The zero-order valence-corrected chi connectivity index (χ0v) is 10.5. The number of nitrogens with zero attached hydrogens (tertiary/aromatic N) is 1. The number of para-hydroxylation sites is 2. The van der Waals surface area contributed by atoms with Gasteiger partial charge < -0.3 is 15.2 Å². The zero-order chi connectivity index (χ0) is 13.0. The molecule has 94 valence electrons. The van der Waals surface area contributed by atoms with E-state index in [1.165, 1.54) is 0 Å². The van der Waals surface area contributed by atoms with Crippen LogP contribution in [0.3, 0.4) is 0 Å². The number of hydrogen-bond donors (Lipinski definition) is 1. The van der Waals surface area contributed by atoms with E-state index in [9.17, 15) is 0 Å². The molecule has 0 amide bonds. The quantitative estimate of drug-likeness (QED) is 0.897. The van der Waals surface area contributed by atoms with Gasteiger partial charge in [-0.15, -0.1) is 0 Å². The molecule has 18 heavy (non-hydrogen) atoms. The van der Waals surface area contributed by atoms with E-state index in [4.69, 9.17) is 15.2 Å². The van der Waals surface area contributed by atoms with Crippen molar-refractivity contribution in [1.82, 2.24) is 4.98 Å². The van der Waals surface area contributed by atoms with E-state index in [0.717, 1.165) is 5.69 Å². The normalized spacial score (nSPS) is 10.1. The lowest BCUT2D eigenvalue weighted by atomic mass is 10.3. The van der Waals surface area contributed by atoms with Crippen LogP contribution >= 0.6 is 0 Å². The molecule has 1 aromatic heterocycles. The monoisotopic (exact) mass is 244 g/mol. The summed E-state index contributed by atoms with van der Waals surface area (Å²) in [6, 6.07) is 11.0.